The van der Waals surface area contributed by atoms with Gasteiger partial charge in [-0.25, -0.2) is 0 Å². The van der Waals surface area contributed by atoms with Gasteiger partial charge in [0.15, 0.2) is 0 Å². The number of rotatable bonds is 3. The molecule has 0 spiro atoms. The van der Waals surface area contributed by atoms with Crippen LogP contribution in [0.1, 0.15) is 25.3 Å². The fraction of sp³-hybridized carbons (Fsp3) is 0.417. The van der Waals surface area contributed by atoms with Crippen molar-refractivity contribution in [2.75, 3.05) is 11.9 Å². The zero-order chi connectivity index (χ0) is 10.7. The molecule has 0 saturated heterocycles. The van der Waals surface area contributed by atoms with E-state index >= 15 is 0 Å². The molecule has 0 atom stereocenters. The van der Waals surface area contributed by atoms with Gasteiger partial charge in [0.05, 0.1) is 6.61 Å². The Bertz CT molecular complexity index is 374. The van der Waals surface area contributed by atoms with Crippen molar-refractivity contribution in [2.24, 2.45) is 0 Å². The topological polar surface area (TPSA) is 38.3 Å². The minimum atomic E-state index is 0.102. The molecule has 80 valence electrons. The summed E-state index contributed by atoms with van der Waals surface area (Å²) in [5, 5.41) is 2.85. The van der Waals surface area contributed by atoms with E-state index in [4.69, 9.17) is 4.74 Å². The van der Waals surface area contributed by atoms with Crippen LogP contribution in [-0.4, -0.2) is 12.5 Å². The fourth-order valence-corrected chi connectivity index (χ4v) is 1.67. The minimum Gasteiger partial charge on any atom is -0.494 e. The Morgan fingerprint density at radius 2 is 2.27 bits per heavy atom. The van der Waals surface area contributed by atoms with Crippen molar-refractivity contribution < 1.29 is 9.53 Å². The summed E-state index contributed by atoms with van der Waals surface area (Å²) in [5.41, 5.74) is 2.10. The number of fused-ring (bicyclic) bond motifs is 1. The quantitative estimate of drug-likeness (QED) is 0.822. The lowest BCUT2D eigenvalue weighted by atomic mass is 10.0. The molecule has 0 bridgehead atoms. The van der Waals surface area contributed by atoms with Gasteiger partial charge in [0.25, 0.3) is 0 Å². The van der Waals surface area contributed by atoms with E-state index in [0.29, 0.717) is 6.42 Å². The third-order valence-corrected chi connectivity index (χ3v) is 2.45. The van der Waals surface area contributed by atoms with Crippen LogP contribution in [0.15, 0.2) is 18.2 Å². The number of carbonyl (C=O) groups excluding carboxylic acids is 1. The molecule has 1 aliphatic heterocycles. The molecule has 1 aromatic carbocycles. The van der Waals surface area contributed by atoms with E-state index in [-0.39, 0.29) is 5.91 Å². The van der Waals surface area contributed by atoms with Gasteiger partial charge in [-0.3, -0.25) is 4.79 Å². The maximum atomic E-state index is 11.1. The van der Waals surface area contributed by atoms with E-state index in [1.54, 1.807) is 0 Å². The largest absolute Gasteiger partial charge is 0.494 e. The second kappa shape index (κ2) is 4.34. The Labute approximate surface area is 89.4 Å². The highest BCUT2D eigenvalue weighted by atomic mass is 16.5. The van der Waals surface area contributed by atoms with Crippen molar-refractivity contribution >= 4 is 11.6 Å². The zero-order valence-corrected chi connectivity index (χ0v) is 8.88. The van der Waals surface area contributed by atoms with Gasteiger partial charge >= 0.3 is 0 Å². The molecule has 3 heteroatoms. The molecule has 0 radical (unpaired) electrons. The maximum absolute atomic E-state index is 11.1. The van der Waals surface area contributed by atoms with E-state index in [0.717, 1.165) is 30.9 Å². The minimum absolute atomic E-state index is 0.102. The first-order valence-corrected chi connectivity index (χ1v) is 5.35. The molecule has 1 heterocycles. The van der Waals surface area contributed by atoms with E-state index in [2.05, 4.69) is 12.2 Å². The van der Waals surface area contributed by atoms with Crippen molar-refractivity contribution in [3.05, 3.63) is 23.8 Å². The van der Waals surface area contributed by atoms with Crippen molar-refractivity contribution in [3.8, 4) is 5.75 Å². The van der Waals surface area contributed by atoms with E-state index in [1.165, 1.54) is 5.56 Å². The highest BCUT2D eigenvalue weighted by Gasteiger charge is 2.14. The van der Waals surface area contributed by atoms with Crippen LogP contribution in [0, 0.1) is 0 Å². The van der Waals surface area contributed by atoms with Crippen LogP contribution in [-0.2, 0) is 11.2 Å². The zero-order valence-electron chi connectivity index (χ0n) is 8.88. The van der Waals surface area contributed by atoms with Gasteiger partial charge in [-0.2, -0.15) is 0 Å². The first kappa shape index (κ1) is 10.0. The summed E-state index contributed by atoms with van der Waals surface area (Å²) in [6.07, 6.45) is 2.39. The van der Waals surface area contributed by atoms with Crippen LogP contribution in [0.3, 0.4) is 0 Å². The lowest BCUT2D eigenvalue weighted by molar-refractivity contribution is -0.116. The monoisotopic (exact) mass is 205 g/mol. The molecule has 1 aromatic rings. The highest BCUT2D eigenvalue weighted by molar-refractivity contribution is 5.93. The normalized spacial score (nSPS) is 14.3. The number of nitrogens with one attached hydrogen (secondary N) is 1. The molecular formula is C12H15NO2. The van der Waals surface area contributed by atoms with E-state index < -0.39 is 0 Å². The fourth-order valence-electron chi connectivity index (χ4n) is 1.67. The molecule has 0 aliphatic carbocycles. The van der Waals surface area contributed by atoms with E-state index in [9.17, 15) is 4.79 Å². The van der Waals surface area contributed by atoms with Crippen LogP contribution in [0.4, 0.5) is 5.69 Å². The number of anilines is 1. The second-order valence-corrected chi connectivity index (χ2v) is 3.72. The average Bonchev–Trinajstić information content (AvgIpc) is 2.26. The summed E-state index contributed by atoms with van der Waals surface area (Å²) < 4.78 is 5.54. The molecular weight excluding hydrogens is 190 g/mol. The predicted molar refractivity (Wildman–Crippen MR) is 59.2 cm³/mol. The number of ether oxygens (including phenoxy) is 1. The molecule has 15 heavy (non-hydrogen) atoms. The molecule has 0 fully saturated rings. The first-order valence-electron chi connectivity index (χ1n) is 5.35. The average molecular weight is 205 g/mol. The molecule has 2 rings (SSSR count). The third kappa shape index (κ3) is 2.29. The van der Waals surface area contributed by atoms with Crippen molar-refractivity contribution in [3.63, 3.8) is 0 Å². The van der Waals surface area contributed by atoms with Crippen LogP contribution in [0.5, 0.6) is 5.75 Å². The number of benzene rings is 1. The van der Waals surface area contributed by atoms with Crippen LogP contribution in [0.25, 0.3) is 0 Å². The molecule has 1 amide bonds. The standard InChI is InChI=1S/C12H15NO2/c1-2-7-15-10-4-5-11-9(8-10)3-6-12(14)13-11/h4-5,8H,2-3,6-7H2,1H3,(H,13,14). The molecule has 1 N–H and O–H groups in total. The Morgan fingerprint density at radius 3 is 3.07 bits per heavy atom. The smallest absolute Gasteiger partial charge is 0.224 e. The molecule has 0 unspecified atom stereocenters. The van der Waals surface area contributed by atoms with Crippen LogP contribution >= 0.6 is 0 Å². The highest BCUT2D eigenvalue weighted by Crippen LogP contribution is 2.26. The molecule has 3 nitrogen and oxygen atoms in total. The van der Waals surface area contributed by atoms with Gasteiger partial charge in [0, 0.05) is 12.1 Å². The first-order chi connectivity index (χ1) is 7.29. The number of carbonyl (C=O) groups is 1. The summed E-state index contributed by atoms with van der Waals surface area (Å²) in [7, 11) is 0. The Hall–Kier alpha value is -1.51. The molecule has 0 saturated carbocycles. The lowest BCUT2D eigenvalue weighted by Gasteiger charge is -2.17. The van der Waals surface area contributed by atoms with E-state index in [1.807, 2.05) is 18.2 Å². The van der Waals surface area contributed by atoms with Gasteiger partial charge in [-0.05, 0) is 36.6 Å². The van der Waals surface area contributed by atoms with Crippen molar-refractivity contribution in [2.45, 2.75) is 26.2 Å². The number of hydrogen-bond acceptors (Lipinski definition) is 2. The van der Waals surface area contributed by atoms with Gasteiger partial charge in [0.1, 0.15) is 5.75 Å². The van der Waals surface area contributed by atoms with Crippen molar-refractivity contribution in [1.29, 1.82) is 0 Å². The predicted octanol–water partition coefficient (Wildman–Crippen LogP) is 2.36. The summed E-state index contributed by atoms with van der Waals surface area (Å²) in [6.45, 7) is 2.82. The van der Waals surface area contributed by atoms with Gasteiger partial charge in [-0.1, -0.05) is 6.92 Å². The number of aryl methyl sites for hydroxylation is 1. The van der Waals surface area contributed by atoms with Gasteiger partial charge in [0.2, 0.25) is 5.91 Å². The third-order valence-electron chi connectivity index (χ3n) is 2.45. The number of hydrogen-bond donors (Lipinski definition) is 1. The van der Waals surface area contributed by atoms with Gasteiger partial charge in [-0.15, -0.1) is 0 Å². The SMILES string of the molecule is CCCOc1ccc2c(c1)CCC(=O)N2. The Balaban J connectivity index is 2.15. The second-order valence-electron chi connectivity index (χ2n) is 3.72. The van der Waals surface area contributed by atoms with Crippen molar-refractivity contribution in [1.82, 2.24) is 0 Å². The summed E-state index contributed by atoms with van der Waals surface area (Å²) >= 11 is 0. The van der Waals surface area contributed by atoms with Gasteiger partial charge < -0.3 is 10.1 Å². The number of amides is 1. The lowest BCUT2D eigenvalue weighted by Crippen LogP contribution is -2.18. The Kier molecular flexibility index (Phi) is 2.90. The molecule has 0 aromatic heterocycles. The summed E-state index contributed by atoms with van der Waals surface area (Å²) in [4.78, 5) is 11.1. The summed E-state index contributed by atoms with van der Waals surface area (Å²) in [6, 6.07) is 5.84. The Morgan fingerprint density at radius 1 is 1.40 bits per heavy atom. The molecule has 1 aliphatic rings. The van der Waals surface area contributed by atoms with Crippen LogP contribution in [0.2, 0.25) is 0 Å². The maximum Gasteiger partial charge on any atom is 0.224 e. The van der Waals surface area contributed by atoms with Crippen LogP contribution < -0.4 is 10.1 Å². The summed E-state index contributed by atoms with van der Waals surface area (Å²) in [5.74, 6) is 0.997.